The highest BCUT2D eigenvalue weighted by molar-refractivity contribution is 7.89. The molecule has 1 heterocycles. The Morgan fingerprint density at radius 2 is 1.63 bits per heavy atom. The molecule has 3 aromatic rings. The third-order valence-electron chi connectivity index (χ3n) is 4.77. The van der Waals surface area contributed by atoms with Crippen molar-refractivity contribution in [2.75, 3.05) is 14.1 Å². The van der Waals surface area contributed by atoms with Crippen LogP contribution in [0, 0.1) is 20.8 Å². The molecule has 0 fully saturated rings. The summed E-state index contributed by atoms with van der Waals surface area (Å²) in [4.78, 5) is 12.6. The minimum absolute atomic E-state index is 0.136. The van der Waals surface area contributed by atoms with Gasteiger partial charge in [0.1, 0.15) is 0 Å². The summed E-state index contributed by atoms with van der Waals surface area (Å²) in [7, 11) is -0.597. The lowest BCUT2D eigenvalue weighted by atomic mass is 10.00. The molecule has 1 amide bonds. The molecular formula is C21H24N4O4S. The van der Waals surface area contributed by atoms with E-state index >= 15 is 0 Å². The molecule has 8 nitrogen and oxygen atoms in total. The van der Waals surface area contributed by atoms with Gasteiger partial charge in [-0.05, 0) is 61.7 Å². The summed E-state index contributed by atoms with van der Waals surface area (Å²) in [6.07, 6.45) is 0. The molecule has 3 rings (SSSR count). The second kappa shape index (κ2) is 8.37. The van der Waals surface area contributed by atoms with E-state index < -0.39 is 15.9 Å². The van der Waals surface area contributed by atoms with Gasteiger partial charge in [-0.25, -0.2) is 12.7 Å². The Kier molecular flexibility index (Phi) is 6.04. The number of aryl methyl sites for hydroxylation is 3. The summed E-state index contributed by atoms with van der Waals surface area (Å²) in [5, 5.41) is 10.5. The van der Waals surface area contributed by atoms with Gasteiger partial charge in [0.05, 0.1) is 4.90 Å². The highest BCUT2D eigenvalue weighted by Crippen LogP contribution is 2.22. The van der Waals surface area contributed by atoms with Crippen molar-refractivity contribution in [2.45, 2.75) is 32.2 Å². The van der Waals surface area contributed by atoms with Gasteiger partial charge in [-0.2, -0.15) is 0 Å². The zero-order valence-corrected chi connectivity index (χ0v) is 18.4. The number of amides is 1. The largest absolute Gasteiger partial charge is 0.412 e. The van der Waals surface area contributed by atoms with E-state index in [1.54, 1.807) is 12.1 Å². The van der Waals surface area contributed by atoms with Gasteiger partial charge in [0.2, 0.25) is 15.9 Å². The Bertz CT molecular complexity index is 1160. The van der Waals surface area contributed by atoms with Crippen molar-refractivity contribution >= 4 is 15.9 Å². The van der Waals surface area contributed by atoms with Crippen molar-refractivity contribution in [1.29, 1.82) is 0 Å². The maximum absolute atomic E-state index is 12.4. The molecule has 9 heteroatoms. The van der Waals surface area contributed by atoms with Crippen LogP contribution in [0.1, 0.15) is 32.9 Å². The van der Waals surface area contributed by atoms with Crippen LogP contribution in [0.3, 0.4) is 0 Å². The predicted octanol–water partition coefficient (Wildman–Crippen LogP) is 2.84. The minimum Gasteiger partial charge on any atom is -0.412 e. The summed E-state index contributed by atoms with van der Waals surface area (Å²) in [5.74, 6) is -0.492. The molecule has 0 atom stereocenters. The smallest absolute Gasteiger partial charge is 0.309 e. The fourth-order valence-electron chi connectivity index (χ4n) is 3.14. The Balaban J connectivity index is 1.73. The van der Waals surface area contributed by atoms with Crippen molar-refractivity contribution < 1.29 is 17.6 Å². The van der Waals surface area contributed by atoms with E-state index in [-0.39, 0.29) is 16.7 Å². The fraction of sp³-hybridized carbons (Fsp3) is 0.286. The SMILES string of the molecule is Cc1cc(C)c(CNC(=O)c2nnc(-c3ccc(S(=O)(=O)N(C)C)cc3)o2)c(C)c1. The lowest BCUT2D eigenvalue weighted by Crippen LogP contribution is -2.24. The van der Waals surface area contributed by atoms with E-state index in [0.717, 1.165) is 21.0 Å². The van der Waals surface area contributed by atoms with Crippen LogP contribution < -0.4 is 5.32 Å². The summed E-state index contributed by atoms with van der Waals surface area (Å²) in [6.45, 7) is 6.40. The molecule has 1 N–H and O–H groups in total. The number of sulfonamides is 1. The van der Waals surface area contributed by atoms with E-state index in [4.69, 9.17) is 4.42 Å². The second-order valence-electron chi connectivity index (χ2n) is 7.28. The number of carbonyl (C=O) groups excluding carboxylic acids is 1. The van der Waals surface area contributed by atoms with Crippen LogP contribution in [0.2, 0.25) is 0 Å². The van der Waals surface area contributed by atoms with E-state index in [1.165, 1.54) is 31.8 Å². The molecule has 0 aliphatic heterocycles. The molecule has 2 aromatic carbocycles. The van der Waals surface area contributed by atoms with Gasteiger partial charge in [-0.15, -0.1) is 10.2 Å². The molecule has 158 valence electrons. The number of hydrogen-bond donors (Lipinski definition) is 1. The fourth-order valence-corrected chi connectivity index (χ4v) is 4.05. The van der Waals surface area contributed by atoms with Crippen LogP contribution >= 0.6 is 0 Å². The van der Waals surface area contributed by atoms with Gasteiger partial charge in [0.15, 0.2) is 0 Å². The van der Waals surface area contributed by atoms with Gasteiger partial charge in [-0.1, -0.05) is 17.7 Å². The van der Waals surface area contributed by atoms with E-state index in [1.807, 2.05) is 20.8 Å². The molecule has 0 bridgehead atoms. The molecule has 0 saturated carbocycles. The van der Waals surface area contributed by atoms with Crippen molar-refractivity contribution in [2.24, 2.45) is 0 Å². The first-order valence-corrected chi connectivity index (χ1v) is 10.7. The van der Waals surface area contributed by atoms with Gasteiger partial charge >= 0.3 is 11.8 Å². The molecule has 1 aromatic heterocycles. The van der Waals surface area contributed by atoms with Crippen LogP contribution in [-0.4, -0.2) is 42.9 Å². The predicted molar refractivity (Wildman–Crippen MR) is 112 cm³/mol. The van der Waals surface area contributed by atoms with Gasteiger partial charge in [-0.3, -0.25) is 4.79 Å². The average molecular weight is 429 g/mol. The second-order valence-corrected chi connectivity index (χ2v) is 9.44. The number of nitrogens with zero attached hydrogens (tertiary/aromatic N) is 3. The van der Waals surface area contributed by atoms with Crippen molar-refractivity contribution in [1.82, 2.24) is 19.8 Å². The first kappa shape index (κ1) is 21.7. The number of rotatable bonds is 6. The lowest BCUT2D eigenvalue weighted by molar-refractivity contribution is 0.0916. The molecule has 0 spiro atoms. The molecule has 0 radical (unpaired) electrons. The van der Waals surface area contributed by atoms with Crippen molar-refractivity contribution in [3.05, 3.63) is 64.5 Å². The zero-order valence-electron chi connectivity index (χ0n) is 17.6. The third-order valence-corrected chi connectivity index (χ3v) is 6.59. The molecule has 0 aliphatic carbocycles. The highest BCUT2D eigenvalue weighted by Gasteiger charge is 2.19. The van der Waals surface area contributed by atoms with E-state index in [0.29, 0.717) is 12.1 Å². The van der Waals surface area contributed by atoms with E-state index in [2.05, 4.69) is 27.6 Å². The van der Waals surface area contributed by atoms with Gasteiger partial charge in [0.25, 0.3) is 0 Å². The standard InChI is InChI=1S/C21H24N4O4S/c1-13-10-14(2)18(15(3)11-13)12-22-19(26)21-24-23-20(29-21)16-6-8-17(9-7-16)30(27,28)25(4)5/h6-11H,12H2,1-5H3,(H,22,26). The molecule has 0 aliphatic rings. The maximum Gasteiger partial charge on any atom is 0.309 e. The van der Waals surface area contributed by atoms with Gasteiger partial charge < -0.3 is 9.73 Å². The monoisotopic (exact) mass is 428 g/mol. The number of hydrogen-bond acceptors (Lipinski definition) is 6. The third kappa shape index (κ3) is 4.42. The lowest BCUT2D eigenvalue weighted by Gasteiger charge is -2.11. The van der Waals surface area contributed by atoms with E-state index in [9.17, 15) is 13.2 Å². The molecule has 30 heavy (non-hydrogen) atoms. The molecule has 0 unspecified atom stereocenters. The summed E-state index contributed by atoms with van der Waals surface area (Å²) in [5.41, 5.74) is 4.94. The minimum atomic E-state index is -3.53. The molecule has 0 saturated heterocycles. The summed E-state index contributed by atoms with van der Waals surface area (Å²) >= 11 is 0. The van der Waals surface area contributed by atoms with Crippen molar-refractivity contribution in [3.8, 4) is 11.5 Å². The van der Waals surface area contributed by atoms with Crippen LogP contribution in [0.5, 0.6) is 0 Å². The topological polar surface area (TPSA) is 105 Å². The Hall–Kier alpha value is -3.04. The normalized spacial score (nSPS) is 11.7. The quantitative estimate of drug-likeness (QED) is 0.647. The number of benzene rings is 2. The first-order valence-electron chi connectivity index (χ1n) is 9.31. The average Bonchev–Trinajstić information content (AvgIpc) is 3.17. The van der Waals surface area contributed by atoms with Crippen LogP contribution in [-0.2, 0) is 16.6 Å². The highest BCUT2D eigenvalue weighted by atomic mass is 32.2. The Morgan fingerprint density at radius 3 is 2.20 bits per heavy atom. The molecular weight excluding hydrogens is 404 g/mol. The summed E-state index contributed by atoms with van der Waals surface area (Å²) in [6, 6.07) is 10.2. The Morgan fingerprint density at radius 1 is 1.03 bits per heavy atom. The zero-order chi connectivity index (χ0) is 22.1. The van der Waals surface area contributed by atoms with Crippen LogP contribution in [0.25, 0.3) is 11.5 Å². The number of aromatic nitrogens is 2. The van der Waals surface area contributed by atoms with Crippen molar-refractivity contribution in [3.63, 3.8) is 0 Å². The maximum atomic E-state index is 12.4. The number of carbonyl (C=O) groups is 1. The summed E-state index contributed by atoms with van der Waals surface area (Å²) < 4.78 is 30.9. The van der Waals surface area contributed by atoms with Gasteiger partial charge in [0, 0.05) is 26.2 Å². The Labute approximate surface area is 176 Å². The van der Waals surface area contributed by atoms with Crippen LogP contribution in [0.15, 0.2) is 45.7 Å². The number of nitrogens with one attached hydrogen (secondary N) is 1. The van der Waals surface area contributed by atoms with Crippen LogP contribution in [0.4, 0.5) is 0 Å². The first-order chi connectivity index (χ1) is 14.1.